The normalized spacial score (nSPS) is 9.90. The van der Waals surface area contributed by atoms with Gasteiger partial charge in [-0.3, -0.25) is 0 Å². The lowest BCUT2D eigenvalue weighted by Gasteiger charge is -2.09. The van der Waals surface area contributed by atoms with Crippen LogP contribution in [0.3, 0.4) is 0 Å². The molecule has 0 aliphatic carbocycles. The fourth-order valence-electron chi connectivity index (χ4n) is 1.68. The molecule has 0 radical (unpaired) electrons. The van der Waals surface area contributed by atoms with E-state index in [0.717, 1.165) is 11.6 Å². The molecular weight excluding hydrogens is 260 g/mol. The second-order valence-corrected chi connectivity index (χ2v) is 4.16. The van der Waals surface area contributed by atoms with Gasteiger partial charge in [-0.1, -0.05) is 18.2 Å². The van der Waals surface area contributed by atoms with E-state index in [1.165, 1.54) is 12.1 Å². The molecule has 0 atom stereocenters. The highest BCUT2D eigenvalue weighted by atomic mass is 19.1. The first-order chi connectivity index (χ1) is 9.60. The lowest BCUT2D eigenvalue weighted by molar-refractivity contribution is 0.290. The minimum atomic E-state index is -1.68. The summed E-state index contributed by atoms with van der Waals surface area (Å²) in [6, 6.07) is 12.4. The Labute approximate surface area is 115 Å². The van der Waals surface area contributed by atoms with Crippen LogP contribution in [-0.4, -0.2) is 17.2 Å². The van der Waals surface area contributed by atoms with Gasteiger partial charge in [-0.05, 0) is 35.3 Å². The zero-order valence-corrected chi connectivity index (χ0v) is 10.5. The molecule has 4 nitrogen and oxygen atoms in total. The average Bonchev–Trinajstić information content (AvgIpc) is 2.46. The monoisotopic (exact) mass is 271 g/mol. The first-order valence-corrected chi connectivity index (χ1v) is 5.87. The van der Waals surface area contributed by atoms with Crippen LogP contribution in [0.2, 0.25) is 0 Å². The number of ether oxygens (including phenoxy) is 1. The summed E-state index contributed by atoms with van der Waals surface area (Å²) in [6.07, 6.45) is 0. The highest BCUT2D eigenvalue weighted by Crippen LogP contribution is 2.17. The summed E-state index contributed by atoms with van der Waals surface area (Å²) < 4.78 is 18.8. The van der Waals surface area contributed by atoms with Gasteiger partial charge in [0.2, 0.25) is 0 Å². The summed E-state index contributed by atoms with van der Waals surface area (Å²) in [6.45, 7) is 0.0808. The maximum atomic E-state index is 13.5. The van der Waals surface area contributed by atoms with Crippen molar-refractivity contribution in [1.29, 1.82) is 5.26 Å². The Kier molecular flexibility index (Phi) is 4.36. The zero-order valence-electron chi connectivity index (χ0n) is 10.5. The molecule has 0 bridgehead atoms. The first kappa shape index (κ1) is 14.1. The largest absolute Gasteiger partial charge is 0.488 e. The molecule has 2 N–H and O–H groups in total. The third-order valence-corrected chi connectivity index (χ3v) is 2.70. The van der Waals surface area contributed by atoms with E-state index in [0.29, 0.717) is 5.56 Å². The van der Waals surface area contributed by atoms with Crippen molar-refractivity contribution in [2.24, 2.45) is 0 Å². The summed E-state index contributed by atoms with van der Waals surface area (Å²) in [5.74, 6) is -0.663. The van der Waals surface area contributed by atoms with Gasteiger partial charge in [0, 0.05) is 0 Å². The fourth-order valence-corrected chi connectivity index (χ4v) is 1.68. The van der Waals surface area contributed by atoms with Crippen molar-refractivity contribution in [3.8, 4) is 11.8 Å². The number of nitrogens with zero attached hydrogens (tertiary/aromatic N) is 1. The SMILES string of the molecule is N#Cc1cccc(COc2cc(B(O)O)ccc2F)c1. The summed E-state index contributed by atoms with van der Waals surface area (Å²) in [5, 5.41) is 26.9. The van der Waals surface area contributed by atoms with Gasteiger partial charge in [-0.15, -0.1) is 0 Å². The number of halogens is 1. The number of rotatable bonds is 4. The number of nitriles is 1. The van der Waals surface area contributed by atoms with Crippen LogP contribution in [0.4, 0.5) is 4.39 Å². The molecule has 20 heavy (non-hydrogen) atoms. The lowest BCUT2D eigenvalue weighted by Crippen LogP contribution is -2.29. The van der Waals surface area contributed by atoms with E-state index in [1.54, 1.807) is 24.3 Å². The van der Waals surface area contributed by atoms with Crippen LogP contribution in [0.15, 0.2) is 42.5 Å². The number of hydrogen-bond acceptors (Lipinski definition) is 4. The quantitative estimate of drug-likeness (QED) is 0.812. The van der Waals surface area contributed by atoms with Crippen molar-refractivity contribution in [3.63, 3.8) is 0 Å². The zero-order chi connectivity index (χ0) is 14.5. The molecule has 0 saturated heterocycles. The Morgan fingerprint density at radius 3 is 2.70 bits per heavy atom. The topological polar surface area (TPSA) is 73.5 Å². The maximum absolute atomic E-state index is 13.5. The predicted molar refractivity (Wildman–Crippen MR) is 71.7 cm³/mol. The Bertz CT molecular complexity index is 655. The van der Waals surface area contributed by atoms with Crippen molar-refractivity contribution in [3.05, 3.63) is 59.4 Å². The second kappa shape index (κ2) is 6.19. The van der Waals surface area contributed by atoms with E-state index >= 15 is 0 Å². The average molecular weight is 271 g/mol. The van der Waals surface area contributed by atoms with Gasteiger partial charge < -0.3 is 14.8 Å². The van der Waals surface area contributed by atoms with Crippen molar-refractivity contribution >= 4 is 12.6 Å². The molecule has 0 aromatic heterocycles. The standard InChI is InChI=1S/C14H11BFNO3/c16-13-5-4-12(15(18)19)7-14(13)20-9-11-3-1-2-10(6-11)8-17/h1-7,18-19H,9H2. The van der Waals surface area contributed by atoms with Crippen LogP contribution < -0.4 is 10.2 Å². The summed E-state index contributed by atoms with van der Waals surface area (Å²) in [4.78, 5) is 0. The van der Waals surface area contributed by atoms with Crippen molar-refractivity contribution in [1.82, 2.24) is 0 Å². The van der Waals surface area contributed by atoms with Crippen LogP contribution in [0.25, 0.3) is 0 Å². The second-order valence-electron chi connectivity index (χ2n) is 4.16. The molecular formula is C14H11BFNO3. The molecule has 100 valence electrons. The maximum Gasteiger partial charge on any atom is 0.488 e. The fraction of sp³-hybridized carbons (Fsp3) is 0.0714. The van der Waals surface area contributed by atoms with Crippen molar-refractivity contribution < 1.29 is 19.2 Å². The van der Waals surface area contributed by atoms with E-state index < -0.39 is 12.9 Å². The predicted octanol–water partition coefficient (Wildman–Crippen LogP) is 0.956. The minimum Gasteiger partial charge on any atom is -0.486 e. The molecule has 0 aliphatic rings. The molecule has 0 saturated carbocycles. The molecule has 6 heteroatoms. The van der Waals surface area contributed by atoms with Crippen LogP contribution in [0.1, 0.15) is 11.1 Å². The van der Waals surface area contributed by atoms with Crippen molar-refractivity contribution in [2.45, 2.75) is 6.61 Å². The summed E-state index contributed by atoms with van der Waals surface area (Å²) >= 11 is 0. The molecule has 0 aliphatic heterocycles. The Balaban J connectivity index is 2.14. The summed E-state index contributed by atoms with van der Waals surface area (Å²) in [5.41, 5.74) is 1.36. The molecule has 0 fully saturated rings. The van der Waals surface area contributed by atoms with E-state index in [9.17, 15) is 4.39 Å². The van der Waals surface area contributed by atoms with E-state index in [-0.39, 0.29) is 17.8 Å². The van der Waals surface area contributed by atoms with E-state index in [1.807, 2.05) is 6.07 Å². The number of benzene rings is 2. The first-order valence-electron chi connectivity index (χ1n) is 5.87. The van der Waals surface area contributed by atoms with E-state index in [4.69, 9.17) is 20.0 Å². The number of hydrogen-bond donors (Lipinski definition) is 2. The van der Waals surface area contributed by atoms with Crippen LogP contribution in [-0.2, 0) is 6.61 Å². The van der Waals surface area contributed by atoms with Gasteiger partial charge in [-0.2, -0.15) is 5.26 Å². The summed E-state index contributed by atoms with van der Waals surface area (Å²) in [7, 11) is -1.68. The highest BCUT2D eigenvalue weighted by Gasteiger charge is 2.14. The van der Waals surface area contributed by atoms with Crippen molar-refractivity contribution in [2.75, 3.05) is 0 Å². The van der Waals surface area contributed by atoms with Gasteiger partial charge in [-0.25, -0.2) is 4.39 Å². The molecule has 2 aromatic carbocycles. The molecule has 0 amide bonds. The smallest absolute Gasteiger partial charge is 0.486 e. The third-order valence-electron chi connectivity index (χ3n) is 2.70. The third kappa shape index (κ3) is 3.35. The van der Waals surface area contributed by atoms with E-state index in [2.05, 4.69) is 0 Å². The Hall–Kier alpha value is -2.36. The van der Waals surface area contributed by atoms with Crippen LogP contribution >= 0.6 is 0 Å². The molecule has 0 spiro atoms. The molecule has 0 unspecified atom stereocenters. The molecule has 2 rings (SSSR count). The van der Waals surface area contributed by atoms with Gasteiger partial charge in [0.15, 0.2) is 11.6 Å². The van der Waals surface area contributed by atoms with Gasteiger partial charge in [0.25, 0.3) is 0 Å². The van der Waals surface area contributed by atoms with Gasteiger partial charge in [0.1, 0.15) is 6.61 Å². The molecule has 0 heterocycles. The highest BCUT2D eigenvalue weighted by molar-refractivity contribution is 6.58. The van der Waals surface area contributed by atoms with Crippen LogP contribution in [0.5, 0.6) is 5.75 Å². The van der Waals surface area contributed by atoms with Gasteiger partial charge >= 0.3 is 7.12 Å². The minimum absolute atomic E-state index is 0.0713. The van der Waals surface area contributed by atoms with Gasteiger partial charge in [0.05, 0.1) is 11.6 Å². The van der Waals surface area contributed by atoms with Crippen LogP contribution in [0, 0.1) is 17.1 Å². The molecule has 2 aromatic rings. The Morgan fingerprint density at radius 1 is 1.20 bits per heavy atom. The Morgan fingerprint density at radius 2 is 2.00 bits per heavy atom. The lowest BCUT2D eigenvalue weighted by atomic mass is 9.80.